The number of halogens is 1. The summed E-state index contributed by atoms with van der Waals surface area (Å²) in [4.78, 5) is 14.4. The van der Waals surface area contributed by atoms with Gasteiger partial charge in [-0.2, -0.15) is 0 Å². The lowest BCUT2D eigenvalue weighted by atomic mass is 9.77. The molecule has 0 bridgehead atoms. The molecule has 0 fully saturated rings. The van der Waals surface area contributed by atoms with E-state index in [2.05, 4.69) is 84.9 Å². The quantitative estimate of drug-likeness (QED) is 0.226. The number of rotatable bonds is 4. The van der Waals surface area contributed by atoms with E-state index < -0.39 is 0 Å². The van der Waals surface area contributed by atoms with Crippen LogP contribution < -0.4 is 0 Å². The third-order valence-corrected chi connectivity index (χ3v) is 7.71. The molecule has 0 aromatic heterocycles. The summed E-state index contributed by atoms with van der Waals surface area (Å²) < 4.78 is 0. The number of hydrogen-bond acceptors (Lipinski definition) is 1. The molecule has 0 aliphatic heterocycles. The van der Waals surface area contributed by atoms with Crippen LogP contribution in [0.1, 0.15) is 15.9 Å². The van der Waals surface area contributed by atoms with Crippen molar-refractivity contribution < 1.29 is 4.79 Å². The van der Waals surface area contributed by atoms with Crippen molar-refractivity contribution >= 4 is 17.4 Å². The molecule has 0 N–H and O–H groups in total. The maximum atomic E-state index is 14.4. The average molecular weight is 519 g/mol. The first-order valence-electron chi connectivity index (χ1n) is 13.0. The zero-order valence-corrected chi connectivity index (χ0v) is 21.8. The van der Waals surface area contributed by atoms with Gasteiger partial charge in [-0.15, -0.1) is 0 Å². The van der Waals surface area contributed by atoms with E-state index in [4.69, 9.17) is 11.6 Å². The van der Waals surface area contributed by atoms with Gasteiger partial charge in [-0.05, 0) is 56.6 Å². The molecule has 0 unspecified atom stereocenters. The molecule has 0 saturated heterocycles. The minimum Gasteiger partial charge on any atom is -0.289 e. The van der Waals surface area contributed by atoms with Crippen LogP contribution in [0, 0.1) is 0 Å². The molecule has 1 aliphatic carbocycles. The van der Waals surface area contributed by atoms with Gasteiger partial charge < -0.3 is 0 Å². The van der Waals surface area contributed by atoms with Crippen molar-refractivity contribution in [1.29, 1.82) is 0 Å². The SMILES string of the molecule is O=C1c2cc(Cl)ccc2-c2c1c(-c1ccccc1)c(-c1ccccc1)c(-c1ccccc1)c2-c1ccccc1. The van der Waals surface area contributed by atoms with Crippen LogP contribution in [0.5, 0.6) is 0 Å². The Morgan fingerprint density at radius 2 is 0.718 bits per heavy atom. The van der Waals surface area contributed by atoms with Crippen LogP contribution in [0.3, 0.4) is 0 Å². The van der Waals surface area contributed by atoms with Crippen LogP contribution in [-0.2, 0) is 0 Å². The minimum absolute atomic E-state index is 0.00956. The van der Waals surface area contributed by atoms with E-state index in [0.29, 0.717) is 10.6 Å². The number of benzene rings is 6. The topological polar surface area (TPSA) is 17.1 Å². The first kappa shape index (κ1) is 23.4. The third kappa shape index (κ3) is 3.82. The molecule has 0 heterocycles. The summed E-state index contributed by atoms with van der Waals surface area (Å²) >= 11 is 6.45. The normalized spacial score (nSPS) is 11.8. The zero-order valence-electron chi connectivity index (χ0n) is 21.1. The molecule has 6 aromatic rings. The van der Waals surface area contributed by atoms with Gasteiger partial charge in [-0.1, -0.05) is 139 Å². The van der Waals surface area contributed by atoms with Crippen LogP contribution >= 0.6 is 11.6 Å². The summed E-state index contributed by atoms with van der Waals surface area (Å²) in [5.41, 5.74) is 11.7. The number of carbonyl (C=O) groups is 1. The highest BCUT2D eigenvalue weighted by Crippen LogP contribution is 2.56. The maximum Gasteiger partial charge on any atom is 0.194 e. The monoisotopic (exact) mass is 518 g/mol. The van der Waals surface area contributed by atoms with Crippen LogP contribution in [0.25, 0.3) is 55.6 Å². The number of ketones is 1. The number of fused-ring (bicyclic) bond motifs is 3. The van der Waals surface area contributed by atoms with Gasteiger partial charge in [0.05, 0.1) is 0 Å². The number of hydrogen-bond donors (Lipinski definition) is 0. The lowest BCUT2D eigenvalue weighted by molar-refractivity contribution is 0.104. The molecule has 0 radical (unpaired) electrons. The maximum absolute atomic E-state index is 14.4. The molecule has 6 aromatic carbocycles. The first-order valence-corrected chi connectivity index (χ1v) is 13.4. The van der Waals surface area contributed by atoms with E-state index in [1.165, 1.54) is 0 Å². The van der Waals surface area contributed by atoms with Crippen molar-refractivity contribution in [3.63, 3.8) is 0 Å². The van der Waals surface area contributed by atoms with Crippen molar-refractivity contribution in [2.45, 2.75) is 0 Å². The highest BCUT2D eigenvalue weighted by molar-refractivity contribution is 6.34. The second-order valence-corrected chi connectivity index (χ2v) is 10.2. The second kappa shape index (κ2) is 9.54. The summed E-state index contributed by atoms with van der Waals surface area (Å²) in [7, 11) is 0. The molecule has 1 aliphatic rings. The van der Waals surface area contributed by atoms with Crippen LogP contribution in [0.2, 0.25) is 5.02 Å². The largest absolute Gasteiger partial charge is 0.289 e. The molecule has 2 heteroatoms. The summed E-state index contributed by atoms with van der Waals surface area (Å²) in [6.07, 6.45) is 0. The molecule has 7 rings (SSSR count). The Morgan fingerprint density at radius 3 is 1.13 bits per heavy atom. The van der Waals surface area contributed by atoms with Crippen molar-refractivity contribution in [2.24, 2.45) is 0 Å². The Balaban J connectivity index is 1.77. The van der Waals surface area contributed by atoms with Gasteiger partial charge >= 0.3 is 0 Å². The predicted octanol–water partition coefficient (Wildman–Crippen LogP) is 10.2. The van der Waals surface area contributed by atoms with E-state index in [1.807, 2.05) is 54.6 Å². The zero-order chi connectivity index (χ0) is 26.3. The van der Waals surface area contributed by atoms with Crippen LogP contribution in [0.4, 0.5) is 0 Å². The fraction of sp³-hybridized carbons (Fsp3) is 0. The average Bonchev–Trinajstić information content (AvgIpc) is 3.28. The molecule has 0 atom stereocenters. The third-order valence-electron chi connectivity index (χ3n) is 7.47. The van der Waals surface area contributed by atoms with Crippen molar-refractivity contribution in [1.82, 2.24) is 0 Å². The van der Waals surface area contributed by atoms with Gasteiger partial charge in [0.2, 0.25) is 0 Å². The summed E-state index contributed by atoms with van der Waals surface area (Å²) in [5.74, 6) is 0.00956. The molecular weight excluding hydrogens is 496 g/mol. The minimum atomic E-state index is 0.00956. The van der Waals surface area contributed by atoms with E-state index in [-0.39, 0.29) is 5.78 Å². The van der Waals surface area contributed by atoms with Gasteiger partial charge in [0, 0.05) is 27.3 Å². The second-order valence-electron chi connectivity index (χ2n) is 9.73. The number of carbonyl (C=O) groups excluding carboxylic acids is 1. The van der Waals surface area contributed by atoms with Crippen molar-refractivity contribution in [2.75, 3.05) is 0 Å². The molecule has 0 saturated carbocycles. The van der Waals surface area contributed by atoms with Gasteiger partial charge in [0.25, 0.3) is 0 Å². The van der Waals surface area contributed by atoms with E-state index in [9.17, 15) is 4.79 Å². The molecule has 39 heavy (non-hydrogen) atoms. The fourth-order valence-electron chi connectivity index (χ4n) is 5.88. The molecular formula is C37H23ClO. The Morgan fingerprint density at radius 1 is 0.359 bits per heavy atom. The standard InChI is InChI=1S/C37H23ClO/c38-28-21-22-29-30(23-28)37(39)36-34(27-19-11-4-12-20-27)32(25-15-7-2-8-16-25)31(24-13-5-1-6-14-24)33(35(29)36)26-17-9-3-10-18-26/h1-23H. The van der Waals surface area contributed by atoms with Gasteiger partial charge in [-0.25, -0.2) is 0 Å². The summed E-state index contributed by atoms with van der Waals surface area (Å²) in [5, 5.41) is 0.559. The molecule has 0 spiro atoms. The predicted molar refractivity (Wildman–Crippen MR) is 162 cm³/mol. The molecule has 0 amide bonds. The van der Waals surface area contributed by atoms with Crippen LogP contribution in [-0.4, -0.2) is 5.78 Å². The molecule has 1 nitrogen and oxygen atoms in total. The van der Waals surface area contributed by atoms with E-state index >= 15 is 0 Å². The lowest BCUT2D eigenvalue weighted by Gasteiger charge is -2.25. The lowest BCUT2D eigenvalue weighted by Crippen LogP contribution is -2.04. The van der Waals surface area contributed by atoms with Crippen LogP contribution in [0.15, 0.2) is 140 Å². The van der Waals surface area contributed by atoms with E-state index in [0.717, 1.165) is 61.2 Å². The van der Waals surface area contributed by atoms with E-state index in [1.54, 1.807) is 0 Å². The van der Waals surface area contributed by atoms with Gasteiger partial charge in [0.15, 0.2) is 5.78 Å². The van der Waals surface area contributed by atoms with Crippen molar-refractivity contribution in [3.8, 4) is 55.6 Å². The Hall–Kier alpha value is -4.72. The highest BCUT2D eigenvalue weighted by Gasteiger charge is 2.37. The molecule has 184 valence electrons. The summed E-state index contributed by atoms with van der Waals surface area (Å²) in [6.45, 7) is 0. The fourth-order valence-corrected chi connectivity index (χ4v) is 6.05. The summed E-state index contributed by atoms with van der Waals surface area (Å²) in [6, 6.07) is 47.3. The highest BCUT2D eigenvalue weighted by atomic mass is 35.5. The van der Waals surface area contributed by atoms with Gasteiger partial charge in [-0.3, -0.25) is 4.79 Å². The Kier molecular flexibility index (Phi) is 5.73. The Bertz CT molecular complexity index is 1840. The Labute approximate surface area is 233 Å². The van der Waals surface area contributed by atoms with Gasteiger partial charge in [0.1, 0.15) is 0 Å². The first-order chi connectivity index (χ1) is 19.2. The van der Waals surface area contributed by atoms with Crippen molar-refractivity contribution in [3.05, 3.63) is 156 Å². The smallest absolute Gasteiger partial charge is 0.194 e.